The van der Waals surface area contributed by atoms with Crippen LogP contribution in [0.5, 0.6) is 0 Å². The molecule has 150 valence electrons. The van der Waals surface area contributed by atoms with Gasteiger partial charge in [-0.25, -0.2) is 9.97 Å². The van der Waals surface area contributed by atoms with Crippen LogP contribution < -0.4 is 15.5 Å². The first-order valence-electron chi connectivity index (χ1n) is 9.83. The molecule has 0 radical (unpaired) electrons. The van der Waals surface area contributed by atoms with Crippen LogP contribution in [0.1, 0.15) is 36.0 Å². The van der Waals surface area contributed by atoms with Crippen LogP contribution in [0.4, 0.5) is 11.6 Å². The predicted molar refractivity (Wildman–Crippen MR) is 116 cm³/mol. The van der Waals surface area contributed by atoms with E-state index < -0.39 is 0 Å². The van der Waals surface area contributed by atoms with E-state index in [1.54, 1.807) is 11.4 Å². The highest BCUT2D eigenvalue weighted by molar-refractivity contribution is 7.08. The van der Waals surface area contributed by atoms with Gasteiger partial charge in [0.15, 0.2) is 11.6 Å². The zero-order valence-corrected chi connectivity index (χ0v) is 16.9. The third-order valence-corrected chi connectivity index (χ3v) is 5.55. The Bertz CT molecular complexity index is 999. The quantitative estimate of drug-likeness (QED) is 0.584. The Labute approximate surface area is 173 Å². The first kappa shape index (κ1) is 19.3. The van der Waals surface area contributed by atoms with Crippen LogP contribution in [-0.4, -0.2) is 41.4 Å². The van der Waals surface area contributed by atoms with Crippen molar-refractivity contribution in [2.75, 3.05) is 29.9 Å². The lowest BCUT2D eigenvalue weighted by Gasteiger charge is -2.20. The van der Waals surface area contributed by atoms with Crippen LogP contribution in [-0.2, 0) is 4.79 Å². The minimum absolute atomic E-state index is 0.108. The number of carbonyl (C=O) groups is 2. The van der Waals surface area contributed by atoms with Crippen LogP contribution in [0.3, 0.4) is 0 Å². The highest BCUT2D eigenvalue weighted by Gasteiger charge is 2.20. The highest BCUT2D eigenvalue weighted by atomic mass is 32.1. The number of hydrogen-bond donors (Lipinski definition) is 2. The van der Waals surface area contributed by atoms with Crippen LogP contribution in [0.15, 0.2) is 41.1 Å². The van der Waals surface area contributed by atoms with Gasteiger partial charge in [-0.15, -0.1) is 0 Å². The van der Waals surface area contributed by atoms with Crippen molar-refractivity contribution in [2.45, 2.75) is 25.7 Å². The van der Waals surface area contributed by atoms with Gasteiger partial charge in [-0.1, -0.05) is 12.1 Å². The second-order valence-corrected chi connectivity index (χ2v) is 7.78. The normalized spacial score (nSPS) is 13.6. The molecule has 0 spiro atoms. The molecule has 3 heterocycles. The van der Waals surface area contributed by atoms with Crippen molar-refractivity contribution in [3.05, 3.63) is 46.7 Å². The molecular formula is C21H23N5O2S. The average molecular weight is 410 g/mol. The zero-order valence-electron chi connectivity index (χ0n) is 16.1. The van der Waals surface area contributed by atoms with Gasteiger partial charge < -0.3 is 15.5 Å². The van der Waals surface area contributed by atoms with Crippen LogP contribution in [0.25, 0.3) is 11.0 Å². The van der Waals surface area contributed by atoms with E-state index in [4.69, 9.17) is 4.98 Å². The summed E-state index contributed by atoms with van der Waals surface area (Å²) in [5.74, 6) is 1.02. The van der Waals surface area contributed by atoms with E-state index in [0.29, 0.717) is 30.8 Å². The SMILES string of the molecule is O=C(CCCNC(=O)c1ccsc1)Nc1nc2ccccc2nc1N1CCCC1. The van der Waals surface area contributed by atoms with Gasteiger partial charge in [-0.05, 0) is 42.8 Å². The fraction of sp³-hybridized carbons (Fsp3) is 0.333. The van der Waals surface area contributed by atoms with E-state index in [1.807, 2.05) is 29.6 Å². The summed E-state index contributed by atoms with van der Waals surface area (Å²) in [5.41, 5.74) is 2.23. The zero-order chi connectivity index (χ0) is 20.1. The highest BCUT2D eigenvalue weighted by Crippen LogP contribution is 2.27. The van der Waals surface area contributed by atoms with Gasteiger partial charge in [0.05, 0.1) is 11.0 Å². The summed E-state index contributed by atoms with van der Waals surface area (Å²) in [7, 11) is 0. The Hall–Kier alpha value is -3.00. The van der Waals surface area contributed by atoms with Crippen molar-refractivity contribution >= 4 is 45.8 Å². The summed E-state index contributed by atoms with van der Waals surface area (Å²) in [5, 5.41) is 9.44. The molecule has 1 aromatic carbocycles. The molecule has 4 rings (SSSR count). The lowest BCUT2D eigenvalue weighted by Crippen LogP contribution is -2.26. The Balaban J connectivity index is 1.38. The summed E-state index contributed by atoms with van der Waals surface area (Å²) in [6, 6.07) is 9.46. The molecule has 0 unspecified atom stereocenters. The number of rotatable bonds is 7. The molecule has 0 aliphatic carbocycles. The summed E-state index contributed by atoms with van der Waals surface area (Å²) in [6.07, 6.45) is 3.09. The van der Waals surface area contributed by atoms with Gasteiger partial charge in [0.1, 0.15) is 0 Å². The van der Waals surface area contributed by atoms with Crippen molar-refractivity contribution in [3.8, 4) is 0 Å². The molecule has 8 heteroatoms. The van der Waals surface area contributed by atoms with Gasteiger partial charge in [0.25, 0.3) is 5.91 Å². The Morgan fingerprint density at radius 1 is 1.07 bits per heavy atom. The van der Waals surface area contributed by atoms with Crippen molar-refractivity contribution in [1.82, 2.24) is 15.3 Å². The number of nitrogens with zero attached hydrogens (tertiary/aromatic N) is 3. The molecule has 2 aromatic heterocycles. The third-order valence-electron chi connectivity index (χ3n) is 4.87. The second-order valence-electron chi connectivity index (χ2n) is 7.00. The largest absolute Gasteiger partial charge is 0.354 e. The fourth-order valence-corrected chi connectivity index (χ4v) is 4.00. The molecule has 1 fully saturated rings. The maximum absolute atomic E-state index is 12.5. The van der Waals surface area contributed by atoms with Crippen molar-refractivity contribution in [1.29, 1.82) is 0 Å². The predicted octanol–water partition coefficient (Wildman–Crippen LogP) is 3.44. The Morgan fingerprint density at radius 2 is 1.83 bits per heavy atom. The van der Waals surface area contributed by atoms with Crippen molar-refractivity contribution < 1.29 is 9.59 Å². The van der Waals surface area contributed by atoms with Gasteiger partial charge in [-0.3, -0.25) is 9.59 Å². The first-order chi connectivity index (χ1) is 14.2. The van der Waals surface area contributed by atoms with Crippen molar-refractivity contribution in [3.63, 3.8) is 0 Å². The minimum Gasteiger partial charge on any atom is -0.354 e. The van der Waals surface area contributed by atoms with Gasteiger partial charge in [0.2, 0.25) is 5.91 Å². The van der Waals surface area contributed by atoms with Crippen LogP contribution >= 0.6 is 11.3 Å². The van der Waals surface area contributed by atoms with E-state index in [2.05, 4.69) is 20.5 Å². The molecule has 0 bridgehead atoms. The second kappa shape index (κ2) is 9.00. The molecular weight excluding hydrogens is 386 g/mol. The number of fused-ring (bicyclic) bond motifs is 1. The molecule has 0 atom stereocenters. The van der Waals surface area contributed by atoms with E-state index in [0.717, 1.165) is 42.8 Å². The summed E-state index contributed by atoms with van der Waals surface area (Å²) in [4.78, 5) is 36.0. The molecule has 2 amide bonds. The Kier molecular flexibility index (Phi) is 6.00. The number of para-hydroxylation sites is 2. The number of hydrogen-bond acceptors (Lipinski definition) is 6. The van der Waals surface area contributed by atoms with Crippen LogP contribution in [0.2, 0.25) is 0 Å². The lowest BCUT2D eigenvalue weighted by atomic mass is 10.2. The first-order valence-corrected chi connectivity index (χ1v) is 10.8. The van der Waals surface area contributed by atoms with Crippen molar-refractivity contribution in [2.24, 2.45) is 0 Å². The number of aromatic nitrogens is 2. The van der Waals surface area contributed by atoms with Gasteiger partial charge in [-0.2, -0.15) is 11.3 Å². The number of carbonyl (C=O) groups excluding carboxylic acids is 2. The summed E-state index contributed by atoms with van der Waals surface area (Å²) >= 11 is 1.48. The molecule has 2 N–H and O–H groups in total. The molecule has 1 aliphatic heterocycles. The topological polar surface area (TPSA) is 87.2 Å². The van der Waals surface area contributed by atoms with Gasteiger partial charge in [0, 0.05) is 37.0 Å². The molecule has 7 nitrogen and oxygen atoms in total. The van der Waals surface area contributed by atoms with E-state index in [9.17, 15) is 9.59 Å². The lowest BCUT2D eigenvalue weighted by molar-refractivity contribution is -0.116. The fourth-order valence-electron chi connectivity index (χ4n) is 3.37. The molecule has 1 saturated heterocycles. The maximum Gasteiger partial charge on any atom is 0.252 e. The Morgan fingerprint density at radius 3 is 2.55 bits per heavy atom. The summed E-state index contributed by atoms with van der Waals surface area (Å²) in [6.45, 7) is 2.29. The molecule has 0 saturated carbocycles. The standard InChI is InChI=1S/C21H23N5O2S/c27-18(8-5-10-22-21(28)15-9-13-29-14-15)25-19-20(26-11-3-4-12-26)24-17-7-2-1-6-16(17)23-19/h1-2,6-7,9,13-14H,3-5,8,10-12H2,(H,22,28)(H,23,25,27). The van der Waals surface area contributed by atoms with E-state index in [1.165, 1.54) is 11.3 Å². The number of anilines is 2. The van der Waals surface area contributed by atoms with Gasteiger partial charge >= 0.3 is 0 Å². The molecule has 3 aromatic rings. The van der Waals surface area contributed by atoms with E-state index in [-0.39, 0.29) is 11.8 Å². The summed E-state index contributed by atoms with van der Waals surface area (Å²) < 4.78 is 0. The molecule has 1 aliphatic rings. The monoisotopic (exact) mass is 409 g/mol. The number of benzene rings is 1. The average Bonchev–Trinajstić information content (AvgIpc) is 3.45. The number of thiophene rings is 1. The minimum atomic E-state index is -0.125. The smallest absolute Gasteiger partial charge is 0.252 e. The van der Waals surface area contributed by atoms with Crippen LogP contribution in [0, 0.1) is 0 Å². The van der Waals surface area contributed by atoms with E-state index >= 15 is 0 Å². The third kappa shape index (κ3) is 4.71. The maximum atomic E-state index is 12.5. The number of nitrogens with one attached hydrogen (secondary N) is 2. The number of amides is 2. The molecule has 29 heavy (non-hydrogen) atoms.